The van der Waals surface area contributed by atoms with E-state index in [4.69, 9.17) is 4.74 Å². The van der Waals surface area contributed by atoms with Crippen molar-refractivity contribution < 1.29 is 14.3 Å². The summed E-state index contributed by atoms with van der Waals surface area (Å²) < 4.78 is 5.91. The second kappa shape index (κ2) is 6.62. The molecule has 5 atom stereocenters. The summed E-state index contributed by atoms with van der Waals surface area (Å²) in [5.41, 5.74) is -0.226. The monoisotopic (exact) mass is 333 g/mol. The number of hydrogen-bond acceptors (Lipinski definition) is 3. The number of carbonyl (C=O) groups excluding carboxylic acids is 2. The fourth-order valence-electron chi connectivity index (χ4n) is 5.35. The van der Waals surface area contributed by atoms with Gasteiger partial charge in [-0.25, -0.2) is 0 Å². The van der Waals surface area contributed by atoms with E-state index < -0.39 is 0 Å². The zero-order valence-corrected chi connectivity index (χ0v) is 15.3. The molecule has 0 bridgehead atoms. The lowest BCUT2D eigenvalue weighted by molar-refractivity contribution is -0.143. The molecular weight excluding hydrogens is 302 g/mol. The average molecular weight is 333 g/mol. The van der Waals surface area contributed by atoms with E-state index in [2.05, 4.69) is 13.5 Å². The highest BCUT2D eigenvalue weighted by molar-refractivity contribution is 5.91. The zero-order chi connectivity index (χ0) is 17.5. The summed E-state index contributed by atoms with van der Waals surface area (Å²) in [6, 6.07) is -0.315. The first-order valence-electron chi connectivity index (χ1n) is 9.53. The summed E-state index contributed by atoms with van der Waals surface area (Å²) in [6.45, 7) is 10.9. The number of carbonyl (C=O) groups is 2. The summed E-state index contributed by atoms with van der Waals surface area (Å²) in [5.74, 6) is 0.922. The third-order valence-corrected chi connectivity index (χ3v) is 6.64. The van der Waals surface area contributed by atoms with Gasteiger partial charge in [0.25, 0.3) is 0 Å². The van der Waals surface area contributed by atoms with Crippen molar-refractivity contribution in [2.24, 2.45) is 23.7 Å². The van der Waals surface area contributed by atoms with Crippen LogP contribution in [0, 0.1) is 23.7 Å². The number of rotatable bonds is 6. The topological polar surface area (TPSA) is 46.6 Å². The van der Waals surface area contributed by atoms with Gasteiger partial charge in [0, 0.05) is 25.0 Å². The Bertz CT molecular complexity index is 525. The van der Waals surface area contributed by atoms with Gasteiger partial charge in [0.15, 0.2) is 5.78 Å². The summed E-state index contributed by atoms with van der Waals surface area (Å²) in [7, 11) is 0. The van der Waals surface area contributed by atoms with Crippen LogP contribution in [-0.2, 0) is 14.3 Å². The van der Waals surface area contributed by atoms with Gasteiger partial charge in [0.2, 0.25) is 5.91 Å². The Kier molecular flexibility index (Phi) is 4.87. The van der Waals surface area contributed by atoms with Gasteiger partial charge in [0.1, 0.15) is 0 Å². The van der Waals surface area contributed by atoms with Crippen LogP contribution in [0.15, 0.2) is 12.7 Å². The zero-order valence-electron chi connectivity index (χ0n) is 15.3. The number of ether oxygens (including phenoxy) is 1. The number of piperidine rings is 1. The summed E-state index contributed by atoms with van der Waals surface area (Å²) >= 11 is 0. The number of ketones is 1. The number of nitrogens with zero attached hydrogens (tertiary/aromatic N) is 1. The smallest absolute Gasteiger partial charge is 0.230 e. The molecule has 1 saturated heterocycles. The Balaban J connectivity index is 1.75. The van der Waals surface area contributed by atoms with E-state index in [1.54, 1.807) is 6.92 Å². The highest BCUT2D eigenvalue weighted by atomic mass is 16.5. The minimum absolute atomic E-state index is 0.0886. The lowest BCUT2D eigenvalue weighted by Crippen LogP contribution is -2.49. The maximum absolute atomic E-state index is 13.2. The maximum Gasteiger partial charge on any atom is 0.230 e. The van der Waals surface area contributed by atoms with Crippen LogP contribution in [0.3, 0.4) is 0 Å². The third kappa shape index (κ3) is 2.73. The van der Waals surface area contributed by atoms with Crippen LogP contribution >= 0.6 is 0 Å². The molecule has 0 aromatic carbocycles. The Morgan fingerprint density at radius 1 is 1.33 bits per heavy atom. The molecule has 0 N–H and O–H groups in total. The summed E-state index contributed by atoms with van der Waals surface area (Å²) in [4.78, 5) is 27.3. The molecule has 134 valence electrons. The molecule has 1 aliphatic heterocycles. The molecule has 24 heavy (non-hydrogen) atoms. The van der Waals surface area contributed by atoms with E-state index in [0.717, 1.165) is 12.8 Å². The molecule has 2 saturated carbocycles. The quantitative estimate of drug-likeness (QED) is 0.701. The van der Waals surface area contributed by atoms with Gasteiger partial charge in [-0.05, 0) is 39.5 Å². The SMILES string of the molecule is C=C[C@H](C(=O)N1C[C@H]2[C@@H](C1C(C)=O)C2(C)OCC)C1CCCCC1. The van der Waals surface area contributed by atoms with Crippen molar-refractivity contribution in [3.63, 3.8) is 0 Å². The summed E-state index contributed by atoms with van der Waals surface area (Å²) in [6.07, 6.45) is 7.69. The van der Waals surface area contributed by atoms with Gasteiger partial charge in [-0.1, -0.05) is 25.3 Å². The van der Waals surface area contributed by atoms with Gasteiger partial charge in [-0.2, -0.15) is 0 Å². The Labute approximate surface area is 145 Å². The minimum atomic E-state index is -0.315. The van der Waals surface area contributed by atoms with Gasteiger partial charge < -0.3 is 9.64 Å². The van der Waals surface area contributed by atoms with Crippen molar-refractivity contribution in [2.45, 2.75) is 64.5 Å². The summed E-state index contributed by atoms with van der Waals surface area (Å²) in [5, 5.41) is 0. The van der Waals surface area contributed by atoms with E-state index in [9.17, 15) is 9.59 Å². The highest BCUT2D eigenvalue weighted by Crippen LogP contribution is 2.61. The van der Waals surface area contributed by atoms with Crippen molar-refractivity contribution in [3.8, 4) is 0 Å². The molecule has 2 aliphatic carbocycles. The fraction of sp³-hybridized carbons (Fsp3) is 0.800. The van der Waals surface area contributed by atoms with E-state index >= 15 is 0 Å². The van der Waals surface area contributed by atoms with Crippen molar-refractivity contribution in [1.82, 2.24) is 4.90 Å². The van der Waals surface area contributed by atoms with Gasteiger partial charge in [0.05, 0.1) is 17.6 Å². The number of fused-ring (bicyclic) bond motifs is 1. The minimum Gasteiger partial charge on any atom is -0.375 e. The molecule has 1 amide bonds. The van der Waals surface area contributed by atoms with Crippen LogP contribution in [-0.4, -0.2) is 41.4 Å². The molecule has 3 fully saturated rings. The number of hydrogen-bond donors (Lipinski definition) is 0. The Morgan fingerprint density at radius 2 is 2.00 bits per heavy atom. The molecule has 0 radical (unpaired) electrons. The predicted octanol–water partition coefficient (Wildman–Crippen LogP) is 3.21. The second-order valence-corrected chi connectivity index (χ2v) is 7.95. The molecule has 3 aliphatic rings. The van der Waals surface area contributed by atoms with Crippen LogP contribution in [0.25, 0.3) is 0 Å². The average Bonchev–Trinajstić information content (AvgIpc) is 2.95. The van der Waals surface area contributed by atoms with E-state index in [0.29, 0.717) is 25.0 Å². The third-order valence-electron chi connectivity index (χ3n) is 6.64. The molecule has 0 aromatic heterocycles. The van der Waals surface area contributed by atoms with Crippen molar-refractivity contribution in [1.29, 1.82) is 0 Å². The van der Waals surface area contributed by atoms with Crippen LogP contribution in [0.4, 0.5) is 0 Å². The Hall–Kier alpha value is -1.16. The molecule has 4 nitrogen and oxygen atoms in total. The molecule has 4 heteroatoms. The first-order valence-corrected chi connectivity index (χ1v) is 9.53. The maximum atomic E-state index is 13.2. The molecule has 2 unspecified atom stereocenters. The molecule has 3 rings (SSSR count). The number of likely N-dealkylation sites (tertiary alicyclic amines) is 1. The molecule has 1 heterocycles. The van der Waals surface area contributed by atoms with Crippen LogP contribution in [0.1, 0.15) is 52.9 Å². The van der Waals surface area contributed by atoms with Crippen LogP contribution in [0.5, 0.6) is 0 Å². The first-order chi connectivity index (χ1) is 11.5. The Morgan fingerprint density at radius 3 is 2.54 bits per heavy atom. The molecule has 0 aromatic rings. The normalized spacial score (nSPS) is 37.0. The van der Waals surface area contributed by atoms with Gasteiger partial charge in [-0.3, -0.25) is 9.59 Å². The fourth-order valence-corrected chi connectivity index (χ4v) is 5.35. The first kappa shape index (κ1) is 17.7. The number of amides is 1. The largest absolute Gasteiger partial charge is 0.375 e. The lowest BCUT2D eigenvalue weighted by atomic mass is 9.79. The van der Waals surface area contributed by atoms with E-state index in [-0.39, 0.29) is 35.2 Å². The second-order valence-electron chi connectivity index (χ2n) is 7.95. The lowest BCUT2D eigenvalue weighted by Gasteiger charge is -2.35. The predicted molar refractivity (Wildman–Crippen MR) is 93.5 cm³/mol. The van der Waals surface area contributed by atoms with E-state index in [1.165, 1.54) is 19.3 Å². The number of Topliss-reactive ketones (excluding diaryl/α,β-unsaturated/α-hetero) is 1. The van der Waals surface area contributed by atoms with Crippen LogP contribution in [0.2, 0.25) is 0 Å². The highest BCUT2D eigenvalue weighted by Gasteiger charge is 2.72. The van der Waals surface area contributed by atoms with Crippen molar-refractivity contribution in [2.75, 3.05) is 13.2 Å². The van der Waals surface area contributed by atoms with Gasteiger partial charge in [-0.15, -0.1) is 6.58 Å². The van der Waals surface area contributed by atoms with Crippen molar-refractivity contribution >= 4 is 11.7 Å². The standard InChI is InChI=1S/C20H31NO3/c1-5-15(14-10-8-7-9-11-14)19(23)21-12-16-17(18(21)13(3)22)20(16,4)24-6-2/h5,14-18H,1,6-12H2,2-4H3/t15-,16-,17-,18?,20?/m0/s1. The van der Waals surface area contributed by atoms with Gasteiger partial charge >= 0.3 is 0 Å². The van der Waals surface area contributed by atoms with Crippen LogP contribution < -0.4 is 0 Å². The molecular formula is C20H31NO3. The van der Waals surface area contributed by atoms with Crippen molar-refractivity contribution in [3.05, 3.63) is 12.7 Å². The molecule has 0 spiro atoms. The van der Waals surface area contributed by atoms with E-state index in [1.807, 2.05) is 17.9 Å².